The molecule has 0 saturated heterocycles. The Balaban J connectivity index is 1.76. The van der Waals surface area contributed by atoms with Gasteiger partial charge in [0, 0.05) is 22.2 Å². The van der Waals surface area contributed by atoms with Crippen molar-refractivity contribution < 1.29 is 4.79 Å². The van der Waals surface area contributed by atoms with E-state index in [2.05, 4.69) is 20.4 Å². The van der Waals surface area contributed by atoms with E-state index in [1.54, 1.807) is 18.2 Å². The van der Waals surface area contributed by atoms with Gasteiger partial charge in [0.25, 0.3) is 11.5 Å². The lowest BCUT2D eigenvalue weighted by atomic mass is 10.2. The zero-order valence-electron chi connectivity index (χ0n) is 13.3. The van der Waals surface area contributed by atoms with Crippen molar-refractivity contribution in [3.05, 3.63) is 81.6 Å². The highest BCUT2D eigenvalue weighted by molar-refractivity contribution is 6.31. The smallest absolute Gasteiger partial charge is 0.256 e. The molecule has 0 bridgehead atoms. The molecule has 0 saturated carbocycles. The van der Waals surface area contributed by atoms with Crippen LogP contribution in [0.25, 0.3) is 17.2 Å². The van der Waals surface area contributed by atoms with Crippen molar-refractivity contribution in [1.29, 1.82) is 0 Å². The fourth-order valence-electron chi connectivity index (χ4n) is 2.51. The van der Waals surface area contributed by atoms with E-state index in [0.717, 1.165) is 5.56 Å². The maximum absolute atomic E-state index is 12.5. The zero-order chi connectivity index (χ0) is 18.1. The molecule has 2 aromatic carbocycles. The molecule has 26 heavy (non-hydrogen) atoms. The quantitative estimate of drug-likeness (QED) is 0.583. The molecule has 4 rings (SSSR count). The monoisotopic (exact) mass is 365 g/mol. The highest BCUT2D eigenvalue weighted by Gasteiger charge is 2.14. The number of carbonyl (C=O) groups is 1. The van der Waals surface area contributed by atoms with E-state index >= 15 is 0 Å². The van der Waals surface area contributed by atoms with Gasteiger partial charge in [-0.05, 0) is 18.2 Å². The standard InChI is InChI=1S/C18H12ClN5O2/c19-13-8-4-7-12(9-13)17(26)20-14-10-15(25)21-18-22-16(23-24(14)18)11-5-2-1-3-6-11/h1-10H,(H,20,26)(H,21,22,23,25). The van der Waals surface area contributed by atoms with E-state index in [-0.39, 0.29) is 11.6 Å². The van der Waals surface area contributed by atoms with Gasteiger partial charge in [-0.2, -0.15) is 9.50 Å². The molecule has 0 aliphatic carbocycles. The highest BCUT2D eigenvalue weighted by atomic mass is 35.5. The number of nitrogens with one attached hydrogen (secondary N) is 2. The fourth-order valence-corrected chi connectivity index (χ4v) is 2.70. The number of anilines is 1. The topological polar surface area (TPSA) is 92.1 Å². The van der Waals surface area contributed by atoms with Gasteiger partial charge in [-0.15, -0.1) is 5.10 Å². The van der Waals surface area contributed by atoms with E-state index in [9.17, 15) is 9.59 Å². The third-order valence-corrected chi connectivity index (χ3v) is 3.93. The van der Waals surface area contributed by atoms with Crippen molar-refractivity contribution in [2.75, 3.05) is 5.32 Å². The van der Waals surface area contributed by atoms with Crippen molar-refractivity contribution in [1.82, 2.24) is 19.6 Å². The summed E-state index contributed by atoms with van der Waals surface area (Å²) in [7, 11) is 0. The van der Waals surface area contributed by atoms with Crippen LogP contribution >= 0.6 is 11.6 Å². The minimum absolute atomic E-state index is 0.211. The van der Waals surface area contributed by atoms with Crippen LogP contribution in [-0.2, 0) is 0 Å². The number of fused-ring (bicyclic) bond motifs is 1. The third-order valence-electron chi connectivity index (χ3n) is 3.70. The van der Waals surface area contributed by atoms with Crippen molar-refractivity contribution in [2.24, 2.45) is 0 Å². The summed E-state index contributed by atoms with van der Waals surface area (Å²) in [6.45, 7) is 0. The maximum atomic E-state index is 12.5. The van der Waals surface area contributed by atoms with Gasteiger partial charge in [0.05, 0.1) is 0 Å². The summed E-state index contributed by atoms with van der Waals surface area (Å²) in [5.74, 6) is 0.475. The van der Waals surface area contributed by atoms with E-state index in [4.69, 9.17) is 11.6 Å². The lowest BCUT2D eigenvalue weighted by molar-refractivity contribution is 0.102. The Labute approximate surface area is 152 Å². The maximum Gasteiger partial charge on any atom is 0.256 e. The molecule has 128 valence electrons. The van der Waals surface area contributed by atoms with Gasteiger partial charge in [-0.25, -0.2) is 0 Å². The van der Waals surface area contributed by atoms with Crippen LogP contribution in [0.3, 0.4) is 0 Å². The van der Waals surface area contributed by atoms with Crippen molar-refractivity contribution >= 4 is 29.1 Å². The van der Waals surface area contributed by atoms with Gasteiger partial charge in [-0.3, -0.25) is 14.6 Å². The molecule has 2 N–H and O–H groups in total. The van der Waals surface area contributed by atoms with Crippen LogP contribution in [0.5, 0.6) is 0 Å². The van der Waals surface area contributed by atoms with Crippen LogP contribution in [-0.4, -0.2) is 25.5 Å². The third kappa shape index (κ3) is 3.07. The fraction of sp³-hybridized carbons (Fsp3) is 0. The minimum Gasteiger partial charge on any atom is -0.306 e. The number of H-pyrrole nitrogens is 1. The lowest BCUT2D eigenvalue weighted by Gasteiger charge is -2.06. The SMILES string of the molecule is O=C(Nc1cc(=O)[nH]c2nc(-c3ccccc3)nn12)c1cccc(Cl)c1. The van der Waals surface area contributed by atoms with E-state index < -0.39 is 11.5 Å². The Hall–Kier alpha value is -3.45. The number of carbonyl (C=O) groups excluding carboxylic acids is 1. The predicted octanol–water partition coefficient (Wildman–Crippen LogP) is 2.99. The molecule has 0 aliphatic heterocycles. The van der Waals surface area contributed by atoms with Crippen LogP contribution in [0, 0.1) is 0 Å². The largest absolute Gasteiger partial charge is 0.306 e. The highest BCUT2D eigenvalue weighted by Crippen LogP contribution is 2.17. The minimum atomic E-state index is -0.406. The number of hydrogen-bond acceptors (Lipinski definition) is 4. The average Bonchev–Trinajstić information content (AvgIpc) is 3.06. The van der Waals surface area contributed by atoms with Gasteiger partial charge in [0.1, 0.15) is 5.82 Å². The number of nitrogens with zero attached hydrogens (tertiary/aromatic N) is 3. The molecule has 0 radical (unpaired) electrons. The van der Waals surface area contributed by atoms with Crippen LogP contribution in [0.2, 0.25) is 5.02 Å². The first kappa shape index (κ1) is 16.0. The van der Waals surface area contributed by atoms with Crippen molar-refractivity contribution in [3.63, 3.8) is 0 Å². The summed E-state index contributed by atoms with van der Waals surface area (Å²) in [5, 5.41) is 7.51. The number of halogens is 1. The summed E-state index contributed by atoms with van der Waals surface area (Å²) in [6.07, 6.45) is 0. The molecule has 7 nitrogen and oxygen atoms in total. The van der Waals surface area contributed by atoms with Crippen LogP contribution in [0.1, 0.15) is 10.4 Å². The molecule has 0 fully saturated rings. The second-order valence-corrected chi connectivity index (χ2v) is 5.96. The van der Waals surface area contributed by atoms with Crippen molar-refractivity contribution in [3.8, 4) is 11.4 Å². The summed E-state index contributed by atoms with van der Waals surface area (Å²) in [5.41, 5.74) is 0.768. The lowest BCUT2D eigenvalue weighted by Crippen LogP contribution is -2.18. The first-order valence-corrected chi connectivity index (χ1v) is 8.10. The first-order chi connectivity index (χ1) is 12.6. The van der Waals surface area contributed by atoms with Gasteiger partial charge < -0.3 is 5.32 Å². The van der Waals surface area contributed by atoms with Crippen molar-refractivity contribution in [2.45, 2.75) is 0 Å². The second kappa shape index (κ2) is 6.45. The van der Waals surface area contributed by atoms with E-state index in [0.29, 0.717) is 16.4 Å². The van der Waals surface area contributed by atoms with Crippen LogP contribution in [0.15, 0.2) is 65.5 Å². The molecule has 1 amide bonds. The number of rotatable bonds is 3. The Morgan fingerprint density at radius 3 is 2.65 bits per heavy atom. The normalized spacial score (nSPS) is 10.8. The Morgan fingerprint density at radius 1 is 1.08 bits per heavy atom. The summed E-state index contributed by atoms with van der Waals surface area (Å²) < 4.78 is 1.38. The number of benzene rings is 2. The Morgan fingerprint density at radius 2 is 1.88 bits per heavy atom. The Kier molecular flexibility index (Phi) is 3.98. The molecule has 4 aromatic rings. The molecule has 0 unspecified atom stereocenters. The summed E-state index contributed by atoms with van der Waals surface area (Å²) >= 11 is 5.92. The number of amides is 1. The molecule has 0 spiro atoms. The first-order valence-electron chi connectivity index (χ1n) is 7.72. The molecule has 2 aromatic heterocycles. The van der Waals surface area contributed by atoms with Gasteiger partial charge in [0.15, 0.2) is 5.82 Å². The summed E-state index contributed by atoms with van der Waals surface area (Å²) in [4.78, 5) is 31.3. The molecular weight excluding hydrogens is 354 g/mol. The number of aromatic amines is 1. The summed E-state index contributed by atoms with van der Waals surface area (Å²) in [6, 6.07) is 17.1. The van der Waals surface area contributed by atoms with Crippen LogP contribution < -0.4 is 10.9 Å². The van der Waals surface area contributed by atoms with Gasteiger partial charge >= 0.3 is 0 Å². The average molecular weight is 366 g/mol. The molecule has 0 atom stereocenters. The van der Waals surface area contributed by atoms with Crippen LogP contribution in [0.4, 0.5) is 5.82 Å². The Bertz CT molecular complexity index is 1170. The number of aromatic nitrogens is 4. The van der Waals surface area contributed by atoms with E-state index in [1.165, 1.54) is 16.6 Å². The zero-order valence-corrected chi connectivity index (χ0v) is 14.1. The number of hydrogen-bond donors (Lipinski definition) is 2. The molecule has 0 aliphatic rings. The predicted molar refractivity (Wildman–Crippen MR) is 98.4 cm³/mol. The molecule has 2 heterocycles. The molecule has 8 heteroatoms. The second-order valence-electron chi connectivity index (χ2n) is 5.52. The van der Waals surface area contributed by atoms with E-state index in [1.807, 2.05) is 30.3 Å². The molecular formula is C18H12ClN5O2. The van der Waals surface area contributed by atoms with Gasteiger partial charge in [-0.1, -0.05) is 48.0 Å². The van der Waals surface area contributed by atoms with Gasteiger partial charge in [0.2, 0.25) is 5.78 Å².